The van der Waals surface area contributed by atoms with Crippen LogP contribution < -0.4 is 0 Å². The number of hydrogen-bond donors (Lipinski definition) is 1. The van der Waals surface area contributed by atoms with Gasteiger partial charge in [-0.3, -0.25) is 9.69 Å². The zero-order valence-corrected chi connectivity index (χ0v) is 21.0. The molecule has 0 bridgehead atoms. The van der Waals surface area contributed by atoms with Crippen LogP contribution in [0.3, 0.4) is 0 Å². The van der Waals surface area contributed by atoms with Crippen LogP contribution in [0.25, 0.3) is 0 Å². The molecule has 1 aliphatic heterocycles. The molecule has 3 rings (SSSR count). The maximum absolute atomic E-state index is 13.2. The summed E-state index contributed by atoms with van der Waals surface area (Å²) < 4.78 is 39.6. The third-order valence-corrected chi connectivity index (χ3v) is 7.16. The fourth-order valence-electron chi connectivity index (χ4n) is 5.29. The van der Waals surface area contributed by atoms with Gasteiger partial charge in [0.05, 0.1) is 5.56 Å². The summed E-state index contributed by atoms with van der Waals surface area (Å²) >= 11 is 0. The zero-order valence-electron chi connectivity index (χ0n) is 21.0. The summed E-state index contributed by atoms with van der Waals surface area (Å²) in [4.78, 5) is 13.9. The molecule has 35 heavy (non-hydrogen) atoms. The number of likely N-dealkylation sites (tertiary alicyclic amines) is 1. The molecule has 3 atom stereocenters. The Kier molecular flexibility index (Phi) is 9.40. The van der Waals surface area contributed by atoms with E-state index < -0.39 is 17.7 Å². The first-order chi connectivity index (χ1) is 16.6. The van der Waals surface area contributed by atoms with Crippen molar-refractivity contribution >= 4 is 5.97 Å². The van der Waals surface area contributed by atoms with Gasteiger partial charge < -0.3 is 5.11 Å². The maximum Gasteiger partial charge on any atom is 0.416 e. The number of alkyl halides is 3. The lowest BCUT2D eigenvalue weighted by molar-refractivity contribution is -0.139. The Balaban J connectivity index is 1.96. The summed E-state index contributed by atoms with van der Waals surface area (Å²) in [5.41, 5.74) is 2.69. The summed E-state index contributed by atoms with van der Waals surface area (Å²) in [5.74, 6) is -0.217. The van der Waals surface area contributed by atoms with Gasteiger partial charge in [-0.15, -0.1) is 0 Å². The molecule has 1 fully saturated rings. The molecule has 0 radical (unpaired) electrons. The molecule has 2 aromatic carbocycles. The Labute approximate surface area is 207 Å². The van der Waals surface area contributed by atoms with Gasteiger partial charge in [0, 0.05) is 18.5 Å². The van der Waals surface area contributed by atoms with E-state index in [4.69, 9.17) is 0 Å². The van der Waals surface area contributed by atoms with E-state index in [0.29, 0.717) is 5.92 Å². The third kappa shape index (κ3) is 7.57. The van der Waals surface area contributed by atoms with Crippen LogP contribution in [-0.2, 0) is 17.4 Å². The number of carbonyl (C=O) groups is 1. The molecule has 0 saturated carbocycles. The van der Waals surface area contributed by atoms with E-state index in [1.807, 2.05) is 0 Å². The van der Waals surface area contributed by atoms with E-state index in [9.17, 15) is 23.1 Å². The van der Waals surface area contributed by atoms with Crippen molar-refractivity contribution < 1.29 is 23.1 Å². The van der Waals surface area contributed by atoms with Crippen LogP contribution in [0.4, 0.5) is 13.2 Å². The lowest BCUT2D eigenvalue weighted by atomic mass is 9.82. The number of piperidine rings is 1. The number of carboxylic acid groups (broad SMARTS) is 1. The SMILES string of the molecule is CCCc1ccc([C@@H]2C[C@H](CC(=O)O)CCN2[C@H](CCC(C)C)c2ccc(C(F)(F)F)cc2)cc1. The minimum absolute atomic E-state index is 0.0224. The van der Waals surface area contributed by atoms with E-state index in [1.54, 1.807) is 12.1 Å². The second kappa shape index (κ2) is 12.1. The molecule has 2 aromatic rings. The molecule has 1 heterocycles. The van der Waals surface area contributed by atoms with Gasteiger partial charge in [0.1, 0.15) is 0 Å². The van der Waals surface area contributed by atoms with Crippen molar-refractivity contribution in [3.05, 3.63) is 70.8 Å². The average molecular weight is 490 g/mol. The Hall–Kier alpha value is -2.34. The van der Waals surface area contributed by atoms with E-state index in [-0.39, 0.29) is 24.4 Å². The van der Waals surface area contributed by atoms with Gasteiger partial charge in [-0.05, 0) is 79.3 Å². The van der Waals surface area contributed by atoms with Crippen LogP contribution in [0.15, 0.2) is 48.5 Å². The highest BCUT2D eigenvalue weighted by atomic mass is 19.4. The molecule has 192 valence electrons. The van der Waals surface area contributed by atoms with Crippen LogP contribution in [0.5, 0.6) is 0 Å². The van der Waals surface area contributed by atoms with Crippen LogP contribution in [0.1, 0.15) is 93.6 Å². The predicted molar refractivity (Wildman–Crippen MR) is 133 cm³/mol. The normalized spacial score (nSPS) is 20.2. The topological polar surface area (TPSA) is 40.5 Å². The summed E-state index contributed by atoms with van der Waals surface area (Å²) in [7, 11) is 0. The van der Waals surface area contributed by atoms with Crippen LogP contribution >= 0.6 is 0 Å². The predicted octanol–water partition coefficient (Wildman–Crippen LogP) is 8.06. The molecule has 0 aliphatic carbocycles. The fraction of sp³-hybridized carbons (Fsp3) is 0.552. The van der Waals surface area contributed by atoms with E-state index >= 15 is 0 Å². The Morgan fingerprint density at radius 3 is 2.26 bits per heavy atom. The lowest BCUT2D eigenvalue weighted by Gasteiger charge is -2.44. The van der Waals surface area contributed by atoms with Crippen LogP contribution in [0, 0.1) is 11.8 Å². The number of nitrogens with zero attached hydrogens (tertiary/aromatic N) is 1. The Morgan fingerprint density at radius 1 is 1.06 bits per heavy atom. The van der Waals surface area contributed by atoms with Crippen molar-refractivity contribution in [2.24, 2.45) is 11.8 Å². The van der Waals surface area contributed by atoms with Crippen molar-refractivity contribution in [2.45, 2.75) is 84.0 Å². The first kappa shape index (κ1) is 27.3. The van der Waals surface area contributed by atoms with Gasteiger partial charge in [-0.1, -0.05) is 63.6 Å². The molecule has 0 unspecified atom stereocenters. The van der Waals surface area contributed by atoms with Crippen molar-refractivity contribution in [1.29, 1.82) is 0 Å². The molecular formula is C29H38F3NO2. The Bertz CT molecular complexity index is 938. The third-order valence-electron chi connectivity index (χ3n) is 7.16. The molecule has 3 nitrogen and oxygen atoms in total. The molecule has 0 amide bonds. The average Bonchev–Trinajstić information content (AvgIpc) is 2.80. The van der Waals surface area contributed by atoms with Gasteiger partial charge in [-0.25, -0.2) is 0 Å². The zero-order chi connectivity index (χ0) is 25.6. The fourth-order valence-corrected chi connectivity index (χ4v) is 5.29. The highest BCUT2D eigenvalue weighted by molar-refractivity contribution is 5.67. The van der Waals surface area contributed by atoms with Gasteiger partial charge in [0.25, 0.3) is 0 Å². The van der Waals surface area contributed by atoms with Gasteiger partial charge >= 0.3 is 12.1 Å². The highest BCUT2D eigenvalue weighted by Gasteiger charge is 2.36. The standard InChI is InChI=1S/C29H38F3NO2/c1-4-5-21-7-9-24(10-8-21)27-18-22(19-28(34)35)16-17-33(27)26(15-6-20(2)3)23-11-13-25(14-12-23)29(30,31)32/h7-14,20,22,26-27H,4-6,15-19H2,1-3H3,(H,34,35)/t22-,26-,27+/m1/s1. The first-order valence-corrected chi connectivity index (χ1v) is 12.8. The van der Waals surface area contributed by atoms with Crippen molar-refractivity contribution in [3.63, 3.8) is 0 Å². The maximum atomic E-state index is 13.2. The second-order valence-electron chi connectivity index (χ2n) is 10.3. The Morgan fingerprint density at radius 2 is 1.71 bits per heavy atom. The quantitative estimate of drug-likeness (QED) is 0.367. The summed E-state index contributed by atoms with van der Waals surface area (Å²) in [6.45, 7) is 7.19. The number of carboxylic acids is 1. The second-order valence-corrected chi connectivity index (χ2v) is 10.3. The molecule has 6 heteroatoms. The molecule has 1 N–H and O–H groups in total. The van der Waals surface area contributed by atoms with E-state index in [1.165, 1.54) is 17.7 Å². The minimum atomic E-state index is -4.36. The van der Waals surface area contributed by atoms with Crippen LogP contribution in [0.2, 0.25) is 0 Å². The molecular weight excluding hydrogens is 451 g/mol. The minimum Gasteiger partial charge on any atom is -0.481 e. The van der Waals surface area contributed by atoms with Crippen molar-refractivity contribution in [3.8, 4) is 0 Å². The number of aryl methyl sites for hydroxylation is 1. The number of hydrogen-bond acceptors (Lipinski definition) is 2. The number of aliphatic carboxylic acids is 1. The molecule has 1 aliphatic rings. The van der Waals surface area contributed by atoms with Gasteiger partial charge in [-0.2, -0.15) is 13.2 Å². The largest absolute Gasteiger partial charge is 0.481 e. The van der Waals surface area contributed by atoms with Crippen LogP contribution in [-0.4, -0.2) is 22.5 Å². The van der Waals surface area contributed by atoms with Crippen molar-refractivity contribution in [1.82, 2.24) is 4.90 Å². The number of halogens is 3. The van der Waals surface area contributed by atoms with E-state index in [2.05, 4.69) is 49.9 Å². The summed E-state index contributed by atoms with van der Waals surface area (Å²) in [5, 5.41) is 9.40. The summed E-state index contributed by atoms with van der Waals surface area (Å²) in [6, 6.07) is 14.2. The van der Waals surface area contributed by atoms with Gasteiger partial charge in [0.2, 0.25) is 0 Å². The first-order valence-electron chi connectivity index (χ1n) is 12.8. The van der Waals surface area contributed by atoms with Gasteiger partial charge in [0.15, 0.2) is 0 Å². The highest BCUT2D eigenvalue weighted by Crippen LogP contribution is 2.43. The van der Waals surface area contributed by atoms with Crippen molar-refractivity contribution in [2.75, 3.05) is 6.54 Å². The summed E-state index contributed by atoms with van der Waals surface area (Å²) in [6.07, 6.45) is 1.19. The number of benzene rings is 2. The number of rotatable bonds is 10. The monoisotopic (exact) mass is 489 g/mol. The lowest BCUT2D eigenvalue weighted by Crippen LogP contribution is -2.40. The molecule has 0 spiro atoms. The molecule has 1 saturated heterocycles. The van der Waals surface area contributed by atoms with E-state index in [0.717, 1.165) is 56.2 Å². The molecule has 0 aromatic heterocycles. The smallest absolute Gasteiger partial charge is 0.416 e.